The van der Waals surface area contributed by atoms with Crippen LogP contribution in [0.4, 0.5) is 10.2 Å². The van der Waals surface area contributed by atoms with Crippen molar-refractivity contribution in [2.75, 3.05) is 5.73 Å². The zero-order chi connectivity index (χ0) is 20.8. The Kier molecular flexibility index (Phi) is 4.23. The Morgan fingerprint density at radius 2 is 2.13 bits per heavy atom. The summed E-state index contributed by atoms with van der Waals surface area (Å²) < 4.78 is 24.1. The molecule has 1 atom stereocenters. The van der Waals surface area contributed by atoms with Gasteiger partial charge in [-0.1, -0.05) is 0 Å². The monoisotopic (exact) mass is 405 g/mol. The lowest BCUT2D eigenvalue weighted by Crippen LogP contribution is -2.13. The smallest absolute Gasteiger partial charge is 0.258 e. The van der Waals surface area contributed by atoms with Crippen LogP contribution in [-0.4, -0.2) is 29.3 Å². The lowest BCUT2D eigenvalue weighted by molar-refractivity contribution is 0.218. The first kappa shape index (κ1) is 18.3. The zero-order valence-corrected chi connectivity index (χ0v) is 16.6. The van der Waals surface area contributed by atoms with Gasteiger partial charge in [0.15, 0.2) is 5.82 Å². The maximum atomic E-state index is 14.1. The molecule has 2 N–H and O–H groups in total. The molecule has 9 heteroatoms. The van der Waals surface area contributed by atoms with Crippen molar-refractivity contribution >= 4 is 5.82 Å². The van der Waals surface area contributed by atoms with E-state index in [0.717, 1.165) is 22.6 Å². The SMILES string of the molecule is CCn1ncc2c1-c1cnc(N)c(n1)OC(C)c1cc(F)ccc1-c1nccn1C2. The van der Waals surface area contributed by atoms with Crippen molar-refractivity contribution in [3.63, 3.8) is 0 Å². The fourth-order valence-corrected chi connectivity index (χ4v) is 3.83. The number of fused-ring (bicyclic) bond motifs is 7. The van der Waals surface area contributed by atoms with E-state index >= 15 is 0 Å². The standard InChI is InChI=1S/C21H20FN7O/c1-3-29-18-13(9-26-29)11-28-7-6-24-20(28)15-5-4-14(22)8-16(15)12(2)30-21-19(23)25-10-17(18)27-21/h4-10,12H,3,11H2,1-2H3,(H2,23,25). The molecular weight excluding hydrogens is 385 g/mol. The number of aromatic nitrogens is 6. The molecule has 1 aliphatic rings. The van der Waals surface area contributed by atoms with E-state index in [4.69, 9.17) is 10.5 Å². The third-order valence-electron chi connectivity index (χ3n) is 5.26. The lowest BCUT2D eigenvalue weighted by Gasteiger charge is -2.20. The highest BCUT2D eigenvalue weighted by atomic mass is 19.1. The summed E-state index contributed by atoms with van der Waals surface area (Å²) in [7, 11) is 0. The summed E-state index contributed by atoms with van der Waals surface area (Å²) in [6.07, 6.45) is 6.54. The Morgan fingerprint density at radius 1 is 1.27 bits per heavy atom. The topological polar surface area (TPSA) is 96.7 Å². The van der Waals surface area contributed by atoms with Gasteiger partial charge in [0.2, 0.25) is 0 Å². The van der Waals surface area contributed by atoms with Crippen LogP contribution in [0.1, 0.15) is 31.1 Å². The molecule has 1 aromatic carbocycles. The molecule has 0 amide bonds. The molecule has 30 heavy (non-hydrogen) atoms. The van der Waals surface area contributed by atoms with E-state index in [0.29, 0.717) is 24.3 Å². The molecule has 152 valence electrons. The number of benzene rings is 1. The quantitative estimate of drug-likeness (QED) is 0.521. The minimum Gasteiger partial charge on any atom is -0.467 e. The van der Waals surface area contributed by atoms with Crippen LogP contribution in [0.5, 0.6) is 5.88 Å². The zero-order valence-electron chi connectivity index (χ0n) is 16.6. The van der Waals surface area contributed by atoms with Crippen LogP contribution in [0, 0.1) is 5.82 Å². The van der Waals surface area contributed by atoms with Gasteiger partial charge in [-0.3, -0.25) is 4.68 Å². The van der Waals surface area contributed by atoms with Crippen LogP contribution in [0.3, 0.4) is 0 Å². The van der Waals surface area contributed by atoms with Gasteiger partial charge < -0.3 is 15.0 Å². The molecule has 4 heterocycles. The number of halogens is 1. The fraction of sp³-hybridized carbons (Fsp3) is 0.238. The Morgan fingerprint density at radius 3 is 2.97 bits per heavy atom. The number of nitrogens with two attached hydrogens (primary N) is 1. The van der Waals surface area contributed by atoms with Crippen LogP contribution >= 0.6 is 0 Å². The fourth-order valence-electron chi connectivity index (χ4n) is 3.83. The summed E-state index contributed by atoms with van der Waals surface area (Å²) in [5.74, 6) is 0.743. The number of imidazole rings is 1. The van der Waals surface area contributed by atoms with E-state index in [1.807, 2.05) is 35.5 Å². The summed E-state index contributed by atoms with van der Waals surface area (Å²) in [4.78, 5) is 13.5. The summed E-state index contributed by atoms with van der Waals surface area (Å²) >= 11 is 0. The molecule has 0 saturated heterocycles. The second kappa shape index (κ2) is 6.94. The molecule has 5 rings (SSSR count). The second-order valence-corrected chi connectivity index (χ2v) is 7.15. The molecule has 0 fully saturated rings. The third-order valence-corrected chi connectivity index (χ3v) is 5.26. The lowest BCUT2D eigenvalue weighted by atomic mass is 10.0. The average Bonchev–Trinajstić information content (AvgIpc) is 3.36. The number of hydrogen-bond acceptors (Lipinski definition) is 6. The molecule has 3 aromatic heterocycles. The largest absolute Gasteiger partial charge is 0.467 e. The molecular formula is C21H20FN7O. The van der Waals surface area contributed by atoms with E-state index in [1.54, 1.807) is 18.5 Å². The number of nitrogens with zero attached hydrogens (tertiary/aromatic N) is 6. The van der Waals surface area contributed by atoms with E-state index in [2.05, 4.69) is 20.1 Å². The van der Waals surface area contributed by atoms with Gasteiger partial charge in [-0.2, -0.15) is 5.10 Å². The highest BCUT2D eigenvalue weighted by Gasteiger charge is 2.23. The van der Waals surface area contributed by atoms with E-state index in [-0.39, 0.29) is 17.5 Å². The molecule has 0 saturated carbocycles. The van der Waals surface area contributed by atoms with Gasteiger partial charge in [0.25, 0.3) is 5.88 Å². The number of hydrogen-bond donors (Lipinski definition) is 1. The van der Waals surface area contributed by atoms with Crippen LogP contribution in [-0.2, 0) is 13.1 Å². The van der Waals surface area contributed by atoms with Crippen molar-refractivity contribution in [3.8, 4) is 28.7 Å². The summed E-state index contributed by atoms with van der Waals surface area (Å²) in [6.45, 7) is 5.04. The van der Waals surface area contributed by atoms with Gasteiger partial charge in [0, 0.05) is 35.6 Å². The van der Waals surface area contributed by atoms with Crippen molar-refractivity contribution in [2.45, 2.75) is 33.0 Å². The van der Waals surface area contributed by atoms with E-state index in [9.17, 15) is 4.39 Å². The van der Waals surface area contributed by atoms with Gasteiger partial charge in [-0.25, -0.2) is 19.3 Å². The average molecular weight is 405 g/mol. The van der Waals surface area contributed by atoms with Crippen molar-refractivity contribution in [3.05, 3.63) is 59.9 Å². The number of nitrogen functional groups attached to an aromatic ring is 1. The Balaban J connectivity index is 1.79. The predicted octanol–water partition coefficient (Wildman–Crippen LogP) is 3.45. The van der Waals surface area contributed by atoms with Crippen LogP contribution in [0.2, 0.25) is 0 Å². The van der Waals surface area contributed by atoms with Gasteiger partial charge >= 0.3 is 0 Å². The molecule has 2 bridgehead atoms. The highest BCUT2D eigenvalue weighted by molar-refractivity contribution is 5.64. The maximum absolute atomic E-state index is 14.1. The summed E-state index contributed by atoms with van der Waals surface area (Å²) in [5.41, 5.74) is 9.89. The third kappa shape index (κ3) is 2.90. The molecule has 8 nitrogen and oxygen atoms in total. The first-order valence-electron chi connectivity index (χ1n) is 9.70. The van der Waals surface area contributed by atoms with E-state index < -0.39 is 6.10 Å². The van der Waals surface area contributed by atoms with Gasteiger partial charge in [0.1, 0.15) is 23.4 Å². The van der Waals surface area contributed by atoms with Gasteiger partial charge in [-0.15, -0.1) is 0 Å². The van der Waals surface area contributed by atoms with Gasteiger partial charge in [0.05, 0.1) is 24.6 Å². The first-order valence-corrected chi connectivity index (χ1v) is 9.70. The number of ether oxygens (including phenoxy) is 1. The number of rotatable bonds is 1. The first-order chi connectivity index (χ1) is 14.5. The normalized spacial score (nSPS) is 15.2. The second-order valence-electron chi connectivity index (χ2n) is 7.15. The Hall–Kier alpha value is -3.75. The molecule has 1 aliphatic heterocycles. The van der Waals surface area contributed by atoms with Gasteiger partial charge in [-0.05, 0) is 32.0 Å². The molecule has 0 radical (unpaired) electrons. The number of aryl methyl sites for hydroxylation is 1. The maximum Gasteiger partial charge on any atom is 0.258 e. The van der Waals surface area contributed by atoms with Crippen molar-refractivity contribution in [1.29, 1.82) is 0 Å². The summed E-state index contributed by atoms with van der Waals surface area (Å²) in [5, 5.41) is 4.50. The van der Waals surface area contributed by atoms with Crippen LogP contribution in [0.15, 0.2) is 43.0 Å². The Labute approximate surface area is 172 Å². The predicted molar refractivity (Wildman–Crippen MR) is 109 cm³/mol. The Bertz CT molecular complexity index is 1250. The number of anilines is 1. The molecule has 4 aromatic rings. The highest BCUT2D eigenvalue weighted by Crippen LogP contribution is 2.35. The van der Waals surface area contributed by atoms with Crippen molar-refractivity contribution in [1.82, 2.24) is 29.3 Å². The van der Waals surface area contributed by atoms with E-state index in [1.165, 1.54) is 12.1 Å². The molecule has 0 spiro atoms. The van der Waals surface area contributed by atoms with Crippen LogP contribution in [0.25, 0.3) is 22.8 Å². The minimum atomic E-state index is -0.525. The molecule has 1 unspecified atom stereocenters. The van der Waals surface area contributed by atoms with Crippen LogP contribution < -0.4 is 10.5 Å². The van der Waals surface area contributed by atoms with Crippen molar-refractivity contribution < 1.29 is 9.13 Å². The van der Waals surface area contributed by atoms with Crippen molar-refractivity contribution in [2.24, 2.45) is 0 Å². The summed E-state index contributed by atoms with van der Waals surface area (Å²) in [6, 6.07) is 4.60. The minimum absolute atomic E-state index is 0.172. The molecule has 0 aliphatic carbocycles.